The molecule has 0 fully saturated rings. The lowest BCUT2D eigenvalue weighted by Crippen LogP contribution is -2.17. The molecular weight excluding hydrogens is 214 g/mol. The van der Waals surface area contributed by atoms with Gasteiger partial charge in [0.25, 0.3) is 0 Å². The first-order valence-corrected chi connectivity index (χ1v) is 5.99. The van der Waals surface area contributed by atoms with Gasteiger partial charge in [-0.1, -0.05) is 12.1 Å². The smallest absolute Gasteiger partial charge is 0.102 e. The number of nitrogens with one attached hydrogen (secondary N) is 1. The molecule has 17 heavy (non-hydrogen) atoms. The van der Waals surface area contributed by atoms with Crippen molar-refractivity contribution in [3.63, 3.8) is 0 Å². The van der Waals surface area contributed by atoms with Crippen molar-refractivity contribution in [2.45, 2.75) is 26.4 Å². The fraction of sp³-hybridized carbons (Fsp3) is 0.500. The van der Waals surface area contributed by atoms with Crippen LogP contribution < -0.4 is 5.32 Å². The average Bonchev–Trinajstić information content (AvgIpc) is 2.90. The Hall–Kier alpha value is -1.62. The SMILES string of the molecule is CCCNCc1cccn1Cc1cn(C)nn1. The van der Waals surface area contributed by atoms with Crippen molar-refractivity contribution in [2.24, 2.45) is 7.05 Å². The Balaban J connectivity index is 1.98. The van der Waals surface area contributed by atoms with E-state index in [4.69, 9.17) is 0 Å². The Morgan fingerprint density at radius 1 is 1.41 bits per heavy atom. The zero-order valence-corrected chi connectivity index (χ0v) is 10.4. The van der Waals surface area contributed by atoms with Gasteiger partial charge in [-0.25, -0.2) is 0 Å². The fourth-order valence-corrected chi connectivity index (χ4v) is 1.80. The van der Waals surface area contributed by atoms with Crippen LogP contribution in [0.25, 0.3) is 0 Å². The standard InChI is InChI=1S/C12H19N5/c1-3-6-13-8-12-5-4-7-17(12)10-11-9-16(2)15-14-11/h4-5,7,9,13H,3,6,8,10H2,1-2H3. The van der Waals surface area contributed by atoms with Crippen LogP contribution in [-0.2, 0) is 20.1 Å². The number of aryl methyl sites for hydroxylation is 1. The number of aromatic nitrogens is 4. The normalized spacial score (nSPS) is 10.9. The maximum atomic E-state index is 4.10. The molecular formula is C12H19N5. The van der Waals surface area contributed by atoms with Crippen molar-refractivity contribution in [3.8, 4) is 0 Å². The molecule has 0 amide bonds. The molecule has 0 aliphatic carbocycles. The van der Waals surface area contributed by atoms with E-state index in [1.54, 1.807) is 4.68 Å². The highest BCUT2D eigenvalue weighted by Gasteiger charge is 2.03. The molecule has 1 N–H and O–H groups in total. The van der Waals surface area contributed by atoms with E-state index in [9.17, 15) is 0 Å². The Kier molecular flexibility index (Phi) is 3.93. The van der Waals surface area contributed by atoms with Gasteiger partial charge in [-0.05, 0) is 25.1 Å². The van der Waals surface area contributed by atoms with Crippen LogP contribution in [0.4, 0.5) is 0 Å². The highest BCUT2D eigenvalue weighted by molar-refractivity contribution is 5.09. The number of nitrogens with zero attached hydrogens (tertiary/aromatic N) is 4. The van der Waals surface area contributed by atoms with E-state index in [1.165, 1.54) is 5.69 Å². The molecule has 2 rings (SSSR count). The third-order valence-electron chi connectivity index (χ3n) is 2.64. The van der Waals surface area contributed by atoms with Gasteiger partial charge >= 0.3 is 0 Å². The molecule has 0 atom stereocenters. The minimum absolute atomic E-state index is 0.782. The Bertz CT molecular complexity index is 457. The van der Waals surface area contributed by atoms with E-state index in [2.05, 4.69) is 45.4 Å². The summed E-state index contributed by atoms with van der Waals surface area (Å²) in [4.78, 5) is 0. The molecule has 0 unspecified atom stereocenters. The maximum Gasteiger partial charge on any atom is 0.102 e. The fourth-order valence-electron chi connectivity index (χ4n) is 1.80. The van der Waals surface area contributed by atoms with Crippen molar-refractivity contribution >= 4 is 0 Å². The molecule has 2 heterocycles. The first kappa shape index (κ1) is 11.9. The second-order valence-electron chi connectivity index (χ2n) is 4.19. The zero-order valence-electron chi connectivity index (χ0n) is 10.4. The van der Waals surface area contributed by atoms with Gasteiger partial charge in [0.15, 0.2) is 0 Å². The monoisotopic (exact) mass is 233 g/mol. The molecule has 2 aromatic rings. The first-order chi connectivity index (χ1) is 8.29. The van der Waals surface area contributed by atoms with Crippen LogP contribution in [0.15, 0.2) is 24.5 Å². The second-order valence-corrected chi connectivity index (χ2v) is 4.19. The third-order valence-corrected chi connectivity index (χ3v) is 2.64. The van der Waals surface area contributed by atoms with Gasteiger partial charge in [0, 0.05) is 31.7 Å². The van der Waals surface area contributed by atoms with Crippen LogP contribution in [0.3, 0.4) is 0 Å². The molecule has 0 spiro atoms. The van der Waals surface area contributed by atoms with Gasteiger partial charge in [-0.2, -0.15) is 0 Å². The van der Waals surface area contributed by atoms with Crippen LogP contribution in [0, 0.1) is 0 Å². The van der Waals surface area contributed by atoms with Crippen molar-refractivity contribution in [3.05, 3.63) is 35.9 Å². The van der Waals surface area contributed by atoms with Gasteiger partial charge in [-0.15, -0.1) is 5.10 Å². The molecule has 5 heteroatoms. The van der Waals surface area contributed by atoms with Crippen LogP contribution >= 0.6 is 0 Å². The summed E-state index contributed by atoms with van der Waals surface area (Å²) in [7, 11) is 1.88. The zero-order chi connectivity index (χ0) is 12.1. The Labute approximate surface area is 101 Å². The van der Waals surface area contributed by atoms with E-state index < -0.39 is 0 Å². The largest absolute Gasteiger partial charge is 0.344 e. The van der Waals surface area contributed by atoms with E-state index in [1.807, 2.05) is 13.2 Å². The van der Waals surface area contributed by atoms with E-state index >= 15 is 0 Å². The summed E-state index contributed by atoms with van der Waals surface area (Å²) in [6, 6.07) is 4.21. The third kappa shape index (κ3) is 3.17. The molecule has 92 valence electrons. The second kappa shape index (κ2) is 5.63. The lowest BCUT2D eigenvalue weighted by atomic mass is 10.4. The molecule has 0 aliphatic heterocycles. The maximum absolute atomic E-state index is 4.10. The van der Waals surface area contributed by atoms with Gasteiger partial charge in [0.2, 0.25) is 0 Å². The van der Waals surface area contributed by atoms with Gasteiger partial charge in [0.05, 0.1) is 6.54 Å². The number of rotatable bonds is 6. The minimum atomic E-state index is 0.782. The van der Waals surface area contributed by atoms with Crippen molar-refractivity contribution in [1.82, 2.24) is 24.9 Å². The van der Waals surface area contributed by atoms with Crippen LogP contribution in [-0.4, -0.2) is 26.1 Å². The van der Waals surface area contributed by atoms with Crippen LogP contribution in [0.5, 0.6) is 0 Å². The highest BCUT2D eigenvalue weighted by atomic mass is 15.4. The first-order valence-electron chi connectivity index (χ1n) is 5.99. The summed E-state index contributed by atoms with van der Waals surface area (Å²) < 4.78 is 3.93. The van der Waals surface area contributed by atoms with E-state index in [0.29, 0.717) is 0 Å². The van der Waals surface area contributed by atoms with Gasteiger partial charge < -0.3 is 9.88 Å². The molecule has 0 saturated heterocycles. The average molecular weight is 233 g/mol. The van der Waals surface area contributed by atoms with Gasteiger partial charge in [0.1, 0.15) is 5.69 Å². The molecule has 2 aromatic heterocycles. The van der Waals surface area contributed by atoms with Crippen molar-refractivity contribution < 1.29 is 0 Å². The van der Waals surface area contributed by atoms with Crippen molar-refractivity contribution in [1.29, 1.82) is 0 Å². The van der Waals surface area contributed by atoms with E-state index in [0.717, 1.165) is 31.7 Å². The lowest BCUT2D eigenvalue weighted by Gasteiger charge is -2.08. The summed E-state index contributed by atoms with van der Waals surface area (Å²) >= 11 is 0. The minimum Gasteiger partial charge on any atom is -0.344 e. The lowest BCUT2D eigenvalue weighted by molar-refractivity contribution is 0.626. The number of hydrogen-bond donors (Lipinski definition) is 1. The topological polar surface area (TPSA) is 47.7 Å². The summed E-state index contributed by atoms with van der Waals surface area (Å²) in [6.07, 6.45) is 5.19. The summed E-state index contributed by atoms with van der Waals surface area (Å²) in [6.45, 7) is 4.91. The Morgan fingerprint density at radius 3 is 3.00 bits per heavy atom. The molecule has 5 nitrogen and oxygen atoms in total. The predicted molar refractivity (Wildman–Crippen MR) is 66.5 cm³/mol. The summed E-state index contributed by atoms with van der Waals surface area (Å²) in [5, 5.41) is 11.4. The van der Waals surface area contributed by atoms with Crippen LogP contribution in [0.1, 0.15) is 24.7 Å². The van der Waals surface area contributed by atoms with Crippen LogP contribution in [0.2, 0.25) is 0 Å². The molecule has 0 radical (unpaired) electrons. The quantitative estimate of drug-likeness (QED) is 0.762. The van der Waals surface area contributed by atoms with Crippen molar-refractivity contribution in [2.75, 3.05) is 6.54 Å². The highest BCUT2D eigenvalue weighted by Crippen LogP contribution is 2.05. The summed E-state index contributed by atoms with van der Waals surface area (Å²) in [5.41, 5.74) is 2.27. The molecule has 0 aromatic carbocycles. The summed E-state index contributed by atoms with van der Waals surface area (Å²) in [5.74, 6) is 0. The van der Waals surface area contributed by atoms with E-state index in [-0.39, 0.29) is 0 Å². The Morgan fingerprint density at radius 2 is 2.29 bits per heavy atom. The van der Waals surface area contributed by atoms with Gasteiger partial charge in [-0.3, -0.25) is 4.68 Å². The molecule has 0 saturated carbocycles. The molecule has 0 bridgehead atoms. The molecule has 0 aliphatic rings. The number of hydrogen-bond acceptors (Lipinski definition) is 3. The predicted octanol–water partition coefficient (Wildman–Crippen LogP) is 1.16.